The average Bonchev–Trinajstić information content (AvgIpc) is 2.40. The number of alkyl halides is 3. The van der Waals surface area contributed by atoms with Gasteiger partial charge in [-0.3, -0.25) is 0 Å². The minimum Gasteiger partial charge on any atom is -0.166 e. The minimum atomic E-state index is -4.23. The fourth-order valence-electron chi connectivity index (χ4n) is 2.55. The molecule has 0 aromatic heterocycles. The lowest BCUT2D eigenvalue weighted by Gasteiger charge is -2.28. The van der Waals surface area contributed by atoms with Crippen molar-refractivity contribution in [2.24, 2.45) is 0 Å². The molecule has 0 fully saturated rings. The lowest BCUT2D eigenvalue weighted by molar-refractivity contribution is -0.137. The van der Waals surface area contributed by atoms with Crippen molar-refractivity contribution in [3.8, 4) is 0 Å². The van der Waals surface area contributed by atoms with Crippen molar-refractivity contribution in [3.05, 3.63) is 35.4 Å². The van der Waals surface area contributed by atoms with Crippen LogP contribution >= 0.6 is 0 Å². The SMILES string of the molecule is CC[Si](CC)(CC)CCc1ccc(C(F)(F)F)cc1. The first-order valence-corrected chi connectivity index (χ1v) is 9.86. The van der Waals surface area contributed by atoms with Gasteiger partial charge in [-0.1, -0.05) is 57.1 Å². The summed E-state index contributed by atoms with van der Waals surface area (Å²) < 4.78 is 37.4. The summed E-state index contributed by atoms with van der Waals surface area (Å²) in [7, 11) is -1.17. The van der Waals surface area contributed by atoms with Crippen molar-refractivity contribution in [3.63, 3.8) is 0 Å². The molecule has 0 aliphatic rings. The van der Waals surface area contributed by atoms with Gasteiger partial charge in [-0.15, -0.1) is 0 Å². The molecular weight excluding hydrogens is 265 g/mol. The van der Waals surface area contributed by atoms with Crippen molar-refractivity contribution < 1.29 is 13.2 Å². The summed E-state index contributed by atoms with van der Waals surface area (Å²) >= 11 is 0. The first kappa shape index (κ1) is 16.3. The van der Waals surface area contributed by atoms with Gasteiger partial charge in [0.1, 0.15) is 0 Å². The fraction of sp³-hybridized carbons (Fsp3) is 0.600. The molecule has 0 bridgehead atoms. The molecule has 0 unspecified atom stereocenters. The van der Waals surface area contributed by atoms with E-state index in [4.69, 9.17) is 0 Å². The zero-order chi connectivity index (χ0) is 14.5. The lowest BCUT2D eigenvalue weighted by Crippen LogP contribution is -2.31. The first-order chi connectivity index (χ1) is 8.87. The van der Waals surface area contributed by atoms with Crippen molar-refractivity contribution >= 4 is 8.07 Å². The van der Waals surface area contributed by atoms with Crippen LogP contribution in [0.25, 0.3) is 0 Å². The predicted molar refractivity (Wildman–Crippen MR) is 77.2 cm³/mol. The Bertz CT molecular complexity index is 369. The summed E-state index contributed by atoms with van der Waals surface area (Å²) in [5.41, 5.74) is 0.474. The maximum Gasteiger partial charge on any atom is 0.416 e. The molecule has 19 heavy (non-hydrogen) atoms. The van der Waals surface area contributed by atoms with Gasteiger partial charge in [0.25, 0.3) is 0 Å². The standard InChI is InChI=1S/C15H23F3Si/c1-4-19(5-2,6-3)12-11-13-7-9-14(10-8-13)15(16,17)18/h7-10H,4-6,11-12H2,1-3H3. The molecule has 0 spiro atoms. The van der Waals surface area contributed by atoms with Crippen LogP contribution in [0.2, 0.25) is 24.2 Å². The maximum absolute atomic E-state index is 12.5. The van der Waals surface area contributed by atoms with Gasteiger partial charge in [0.15, 0.2) is 0 Å². The number of rotatable bonds is 6. The Morgan fingerprint density at radius 3 is 1.74 bits per heavy atom. The lowest BCUT2D eigenvalue weighted by atomic mass is 10.1. The molecule has 1 aromatic rings. The highest BCUT2D eigenvalue weighted by atomic mass is 28.3. The Morgan fingerprint density at radius 2 is 1.37 bits per heavy atom. The van der Waals surface area contributed by atoms with E-state index in [1.165, 1.54) is 36.3 Å². The molecule has 0 aliphatic carbocycles. The highest BCUT2D eigenvalue weighted by Crippen LogP contribution is 2.30. The summed E-state index contributed by atoms with van der Waals surface area (Å²) in [4.78, 5) is 0. The van der Waals surface area contributed by atoms with Crippen LogP contribution in [0.3, 0.4) is 0 Å². The van der Waals surface area contributed by atoms with Crippen LogP contribution in [-0.4, -0.2) is 8.07 Å². The van der Waals surface area contributed by atoms with E-state index in [2.05, 4.69) is 20.8 Å². The number of halogens is 3. The monoisotopic (exact) mass is 288 g/mol. The third-order valence-electron chi connectivity index (χ3n) is 4.48. The fourth-order valence-corrected chi connectivity index (χ4v) is 5.93. The molecular formula is C15H23F3Si. The maximum atomic E-state index is 12.5. The normalized spacial score (nSPS) is 12.7. The van der Waals surface area contributed by atoms with Crippen molar-refractivity contribution in [2.45, 2.75) is 57.5 Å². The molecule has 0 atom stereocenters. The van der Waals surface area contributed by atoms with E-state index in [9.17, 15) is 13.2 Å². The summed E-state index contributed by atoms with van der Waals surface area (Å²) in [5.74, 6) is 0. The van der Waals surface area contributed by atoms with Gasteiger partial charge in [-0.25, -0.2) is 0 Å². The molecule has 4 heteroatoms. The van der Waals surface area contributed by atoms with E-state index in [1.807, 2.05) is 0 Å². The van der Waals surface area contributed by atoms with Crippen LogP contribution in [0.4, 0.5) is 13.2 Å². The Labute approximate surface area is 115 Å². The van der Waals surface area contributed by atoms with E-state index in [1.54, 1.807) is 12.1 Å². The van der Waals surface area contributed by atoms with Gasteiger partial charge in [0.05, 0.1) is 13.6 Å². The molecule has 0 saturated carbocycles. The molecule has 108 valence electrons. The zero-order valence-corrected chi connectivity index (χ0v) is 13.0. The molecule has 1 aromatic carbocycles. The first-order valence-electron chi connectivity index (χ1n) is 7.03. The summed E-state index contributed by atoms with van der Waals surface area (Å²) in [6, 6.07) is 10.6. The smallest absolute Gasteiger partial charge is 0.166 e. The Balaban J connectivity index is 2.69. The summed E-state index contributed by atoms with van der Waals surface area (Å²) in [6.07, 6.45) is -3.31. The number of hydrogen-bond acceptors (Lipinski definition) is 0. The van der Waals surface area contributed by atoms with E-state index in [0.717, 1.165) is 12.0 Å². The van der Waals surface area contributed by atoms with Crippen LogP contribution < -0.4 is 0 Å². The summed E-state index contributed by atoms with van der Waals surface area (Å²) in [6.45, 7) is 6.77. The molecule has 0 saturated heterocycles. The van der Waals surface area contributed by atoms with Gasteiger partial charge in [-0.05, 0) is 24.1 Å². The molecule has 0 aliphatic heterocycles. The third-order valence-corrected chi connectivity index (χ3v) is 10.3. The van der Waals surface area contributed by atoms with Crippen LogP contribution in [0.15, 0.2) is 24.3 Å². The Kier molecular flexibility index (Phi) is 5.65. The molecule has 0 radical (unpaired) electrons. The second kappa shape index (κ2) is 6.59. The Morgan fingerprint density at radius 1 is 0.895 bits per heavy atom. The second-order valence-corrected chi connectivity index (χ2v) is 10.9. The van der Waals surface area contributed by atoms with Crippen molar-refractivity contribution in [1.29, 1.82) is 0 Å². The quantitative estimate of drug-likeness (QED) is 0.584. The zero-order valence-electron chi connectivity index (χ0n) is 12.0. The highest BCUT2D eigenvalue weighted by Gasteiger charge is 2.30. The Hall–Kier alpha value is -0.773. The topological polar surface area (TPSA) is 0 Å². The van der Waals surface area contributed by atoms with Gasteiger partial charge in [-0.2, -0.15) is 13.2 Å². The predicted octanol–water partition coefficient (Wildman–Crippen LogP) is 5.76. The van der Waals surface area contributed by atoms with Crippen molar-refractivity contribution in [1.82, 2.24) is 0 Å². The largest absolute Gasteiger partial charge is 0.416 e. The number of hydrogen-bond donors (Lipinski definition) is 0. The van der Waals surface area contributed by atoms with Crippen LogP contribution in [0.1, 0.15) is 31.9 Å². The molecule has 0 heterocycles. The highest BCUT2D eigenvalue weighted by molar-refractivity contribution is 6.79. The molecule has 0 amide bonds. The van der Waals surface area contributed by atoms with Crippen LogP contribution in [-0.2, 0) is 12.6 Å². The van der Waals surface area contributed by atoms with Gasteiger partial charge >= 0.3 is 6.18 Å². The van der Waals surface area contributed by atoms with Crippen molar-refractivity contribution in [2.75, 3.05) is 0 Å². The summed E-state index contributed by atoms with van der Waals surface area (Å²) in [5, 5.41) is 0. The molecule has 0 nitrogen and oxygen atoms in total. The van der Waals surface area contributed by atoms with Gasteiger partial charge in [0, 0.05) is 0 Å². The van der Waals surface area contributed by atoms with Gasteiger partial charge in [0.2, 0.25) is 0 Å². The third kappa shape index (κ3) is 4.37. The average molecular weight is 288 g/mol. The second-order valence-electron chi connectivity index (χ2n) is 5.26. The van der Waals surface area contributed by atoms with E-state index in [-0.39, 0.29) is 0 Å². The van der Waals surface area contributed by atoms with E-state index in [0.29, 0.717) is 0 Å². The van der Waals surface area contributed by atoms with E-state index >= 15 is 0 Å². The van der Waals surface area contributed by atoms with Crippen LogP contribution in [0.5, 0.6) is 0 Å². The molecule has 0 N–H and O–H groups in total. The van der Waals surface area contributed by atoms with E-state index < -0.39 is 19.8 Å². The van der Waals surface area contributed by atoms with Crippen LogP contribution in [0, 0.1) is 0 Å². The minimum absolute atomic E-state index is 0.554. The van der Waals surface area contributed by atoms with Gasteiger partial charge < -0.3 is 0 Å². The molecule has 1 rings (SSSR count). The number of aryl methyl sites for hydroxylation is 1. The number of benzene rings is 1.